The Morgan fingerprint density at radius 1 is 1.14 bits per heavy atom. The summed E-state index contributed by atoms with van der Waals surface area (Å²) in [4.78, 5) is 17.2. The fourth-order valence-corrected chi connectivity index (χ4v) is 2.10. The van der Waals surface area contributed by atoms with E-state index < -0.39 is 5.97 Å². The van der Waals surface area contributed by atoms with Crippen LogP contribution in [0.5, 0.6) is 5.75 Å². The number of hydrogen-bond donors (Lipinski definition) is 2. The minimum Gasteiger partial charge on any atom is -0.507 e. The molecule has 0 bridgehead atoms. The predicted molar refractivity (Wildman–Crippen MR) is 87.8 cm³/mol. The molecule has 0 saturated heterocycles. The highest BCUT2D eigenvalue weighted by Crippen LogP contribution is 2.30. The van der Waals surface area contributed by atoms with Crippen LogP contribution in [0.4, 0.5) is 5.69 Å². The molecule has 0 spiro atoms. The third-order valence-electron chi connectivity index (χ3n) is 3.42. The van der Waals surface area contributed by atoms with Gasteiger partial charge in [0, 0.05) is 5.56 Å². The highest BCUT2D eigenvalue weighted by molar-refractivity contribution is 5.91. The average molecular weight is 297 g/mol. The molecule has 0 radical (unpaired) electrons. The van der Waals surface area contributed by atoms with Gasteiger partial charge in [0.15, 0.2) is 0 Å². The van der Waals surface area contributed by atoms with Crippen LogP contribution in [0.3, 0.4) is 0 Å². The topological polar surface area (TPSA) is 58.6 Å². The molecule has 0 fully saturated rings. The van der Waals surface area contributed by atoms with Crippen molar-refractivity contribution in [2.45, 2.75) is 20.8 Å². The molecule has 0 aliphatic carbocycles. The van der Waals surface area contributed by atoms with Gasteiger partial charge >= 0.3 is 5.97 Å². The molecule has 0 unspecified atom stereocenters. The fourth-order valence-electron chi connectivity index (χ4n) is 2.10. The zero-order valence-electron chi connectivity index (χ0n) is 12.9. The second-order valence-corrected chi connectivity index (χ2v) is 5.27. The van der Waals surface area contributed by atoms with E-state index in [0.717, 1.165) is 16.7 Å². The fraction of sp³-hybridized carbons (Fsp3) is 0.167. The largest absolute Gasteiger partial charge is 0.507 e. The van der Waals surface area contributed by atoms with E-state index in [0.29, 0.717) is 16.8 Å². The lowest BCUT2D eigenvalue weighted by Gasteiger charge is -2.13. The molecular formula is C18H19NO3. The van der Waals surface area contributed by atoms with Gasteiger partial charge in [0.05, 0.1) is 11.3 Å². The normalized spacial score (nSPS) is 10.1. The quantitative estimate of drug-likeness (QED) is 0.655. The summed E-state index contributed by atoms with van der Waals surface area (Å²) in [6.45, 7) is 9.28. The van der Waals surface area contributed by atoms with Crippen LogP contribution in [0.25, 0.3) is 5.57 Å². The summed E-state index contributed by atoms with van der Waals surface area (Å²) in [5.41, 5.74) is 6.72. The molecule has 0 amide bonds. The Balaban J connectivity index is 2.18. The Hall–Kier alpha value is -2.75. The van der Waals surface area contributed by atoms with Crippen LogP contribution in [-0.4, -0.2) is 11.1 Å². The number of hydrogen-bond acceptors (Lipinski definition) is 4. The monoisotopic (exact) mass is 297 g/mol. The highest BCUT2D eigenvalue weighted by Gasteiger charge is 2.12. The van der Waals surface area contributed by atoms with Crippen molar-refractivity contribution in [1.29, 1.82) is 0 Å². The number of carbonyl (C=O) groups is 1. The summed E-state index contributed by atoms with van der Waals surface area (Å²) in [6, 6.07) is 10.5. The third kappa shape index (κ3) is 3.28. The number of carbonyl (C=O) groups excluding carboxylic acids is 1. The van der Waals surface area contributed by atoms with Crippen LogP contribution in [0.1, 0.15) is 34.0 Å². The summed E-state index contributed by atoms with van der Waals surface area (Å²) < 4.78 is 0. The van der Waals surface area contributed by atoms with E-state index >= 15 is 0 Å². The molecule has 0 aliphatic rings. The van der Waals surface area contributed by atoms with Crippen molar-refractivity contribution < 1.29 is 14.7 Å². The maximum atomic E-state index is 12.1. The highest BCUT2D eigenvalue weighted by atomic mass is 16.7. The van der Waals surface area contributed by atoms with E-state index in [2.05, 4.69) is 12.1 Å². The zero-order chi connectivity index (χ0) is 16.3. The maximum absolute atomic E-state index is 12.1. The molecule has 0 heterocycles. The van der Waals surface area contributed by atoms with E-state index in [1.165, 1.54) is 0 Å². The Labute approximate surface area is 130 Å². The van der Waals surface area contributed by atoms with Crippen LogP contribution >= 0.6 is 0 Å². The molecule has 2 N–H and O–H groups in total. The van der Waals surface area contributed by atoms with Crippen LogP contribution in [-0.2, 0) is 4.84 Å². The molecule has 114 valence electrons. The van der Waals surface area contributed by atoms with E-state index in [1.54, 1.807) is 31.2 Å². The Morgan fingerprint density at radius 2 is 1.82 bits per heavy atom. The average Bonchev–Trinajstić information content (AvgIpc) is 2.46. The van der Waals surface area contributed by atoms with E-state index in [1.807, 2.05) is 26.0 Å². The summed E-state index contributed by atoms with van der Waals surface area (Å²) >= 11 is 0. The first-order chi connectivity index (χ1) is 10.4. The molecule has 4 heteroatoms. The number of aryl methyl sites for hydroxylation is 2. The summed E-state index contributed by atoms with van der Waals surface area (Å²) in [7, 11) is 0. The van der Waals surface area contributed by atoms with Gasteiger partial charge in [-0.1, -0.05) is 24.8 Å². The zero-order valence-corrected chi connectivity index (χ0v) is 12.9. The van der Waals surface area contributed by atoms with Crippen molar-refractivity contribution in [1.82, 2.24) is 0 Å². The van der Waals surface area contributed by atoms with Gasteiger partial charge in [-0.3, -0.25) is 0 Å². The van der Waals surface area contributed by atoms with Gasteiger partial charge in [0.25, 0.3) is 0 Å². The van der Waals surface area contributed by atoms with Gasteiger partial charge in [-0.15, -0.1) is 0 Å². The van der Waals surface area contributed by atoms with Crippen molar-refractivity contribution >= 4 is 17.2 Å². The minimum absolute atomic E-state index is 0.154. The van der Waals surface area contributed by atoms with Crippen LogP contribution in [0.15, 0.2) is 43.0 Å². The van der Waals surface area contributed by atoms with Crippen LogP contribution < -0.4 is 5.48 Å². The van der Waals surface area contributed by atoms with Crippen molar-refractivity contribution in [3.05, 3.63) is 65.2 Å². The molecule has 0 aliphatic heterocycles. The number of phenolic OH excluding ortho intramolecular Hbond substituents is 1. The lowest BCUT2D eigenvalue weighted by atomic mass is 10.0. The van der Waals surface area contributed by atoms with Crippen molar-refractivity contribution in [3.8, 4) is 5.75 Å². The predicted octanol–water partition coefficient (Wildman–Crippen LogP) is 4.23. The number of anilines is 1. The van der Waals surface area contributed by atoms with Gasteiger partial charge < -0.3 is 9.94 Å². The minimum atomic E-state index is -0.456. The number of aromatic hydroxyl groups is 1. The standard InChI is InChI=1S/C18H19NO3/c1-11(2)15-10-16(13(4)9-17(15)20)19-22-18(21)14-8-6-5-7-12(14)3/h5-10,19-20H,1H2,2-4H3. The Morgan fingerprint density at radius 3 is 2.45 bits per heavy atom. The molecule has 0 atom stereocenters. The van der Waals surface area contributed by atoms with Gasteiger partial charge in [-0.05, 0) is 55.7 Å². The third-order valence-corrected chi connectivity index (χ3v) is 3.42. The molecule has 0 saturated carbocycles. The number of nitrogens with one attached hydrogen (secondary N) is 1. The number of benzene rings is 2. The van der Waals surface area contributed by atoms with Crippen molar-refractivity contribution in [3.63, 3.8) is 0 Å². The molecule has 2 rings (SSSR count). The van der Waals surface area contributed by atoms with E-state index in [9.17, 15) is 9.90 Å². The van der Waals surface area contributed by atoms with Gasteiger partial charge in [-0.2, -0.15) is 0 Å². The first-order valence-corrected chi connectivity index (χ1v) is 6.92. The summed E-state index contributed by atoms with van der Waals surface area (Å²) in [5, 5.41) is 9.88. The lowest BCUT2D eigenvalue weighted by Crippen LogP contribution is -2.12. The molecule has 22 heavy (non-hydrogen) atoms. The Bertz CT molecular complexity index is 735. The smallest absolute Gasteiger partial charge is 0.363 e. The second-order valence-electron chi connectivity index (χ2n) is 5.27. The van der Waals surface area contributed by atoms with Crippen molar-refractivity contribution in [2.24, 2.45) is 0 Å². The second kappa shape index (κ2) is 6.35. The molecule has 2 aromatic rings. The van der Waals surface area contributed by atoms with Gasteiger partial charge in [0.1, 0.15) is 5.75 Å². The Kier molecular flexibility index (Phi) is 4.51. The van der Waals surface area contributed by atoms with E-state index in [-0.39, 0.29) is 5.75 Å². The number of phenols is 1. The SMILES string of the molecule is C=C(C)c1cc(NOC(=O)c2ccccc2C)c(C)cc1O. The molecule has 0 aromatic heterocycles. The lowest BCUT2D eigenvalue weighted by molar-refractivity contribution is 0.0595. The number of rotatable bonds is 4. The molecule has 2 aromatic carbocycles. The number of allylic oxidation sites excluding steroid dienone is 1. The molecular weight excluding hydrogens is 278 g/mol. The van der Waals surface area contributed by atoms with E-state index in [4.69, 9.17) is 4.84 Å². The molecule has 4 nitrogen and oxygen atoms in total. The first-order valence-electron chi connectivity index (χ1n) is 6.92. The van der Waals surface area contributed by atoms with Crippen molar-refractivity contribution in [2.75, 3.05) is 5.48 Å². The maximum Gasteiger partial charge on any atom is 0.363 e. The summed E-state index contributed by atoms with van der Waals surface area (Å²) in [5.74, 6) is -0.303. The van der Waals surface area contributed by atoms with Crippen LogP contribution in [0, 0.1) is 13.8 Å². The first kappa shape index (κ1) is 15.6. The van der Waals surface area contributed by atoms with Gasteiger partial charge in [0.2, 0.25) is 0 Å². The van der Waals surface area contributed by atoms with Gasteiger partial charge in [-0.25, -0.2) is 10.3 Å². The summed E-state index contributed by atoms with van der Waals surface area (Å²) in [6.07, 6.45) is 0. The van der Waals surface area contributed by atoms with Crippen LogP contribution in [0.2, 0.25) is 0 Å².